The highest BCUT2D eigenvalue weighted by Crippen LogP contribution is 2.48. The number of benzene rings is 2. The minimum Gasteiger partial charge on any atom is -0.337 e. The van der Waals surface area contributed by atoms with Crippen LogP contribution in [0, 0.1) is 0 Å². The minimum atomic E-state index is -0.0422. The van der Waals surface area contributed by atoms with Crippen molar-refractivity contribution in [1.29, 1.82) is 0 Å². The van der Waals surface area contributed by atoms with Crippen molar-refractivity contribution in [2.75, 3.05) is 13.1 Å². The number of urea groups is 1. The SMILES string of the molecule is O=C(NCC1(c2ccccc2)CC1)NCC1(c2ccccc2)CC1. The van der Waals surface area contributed by atoms with Crippen LogP contribution in [0.25, 0.3) is 0 Å². The first-order chi connectivity index (χ1) is 11.7. The van der Waals surface area contributed by atoms with Crippen molar-refractivity contribution in [2.24, 2.45) is 0 Å². The summed E-state index contributed by atoms with van der Waals surface area (Å²) in [6.45, 7) is 1.45. The minimum absolute atomic E-state index is 0.0422. The normalized spacial score (nSPS) is 19.3. The zero-order valence-electron chi connectivity index (χ0n) is 13.9. The lowest BCUT2D eigenvalue weighted by molar-refractivity contribution is 0.238. The number of rotatable bonds is 6. The molecule has 0 bridgehead atoms. The van der Waals surface area contributed by atoms with Crippen molar-refractivity contribution in [3.8, 4) is 0 Å². The van der Waals surface area contributed by atoms with Gasteiger partial charge in [-0.25, -0.2) is 4.79 Å². The van der Waals surface area contributed by atoms with Crippen molar-refractivity contribution < 1.29 is 4.79 Å². The molecule has 0 heterocycles. The molecule has 0 saturated heterocycles. The van der Waals surface area contributed by atoms with E-state index in [-0.39, 0.29) is 16.9 Å². The first kappa shape index (κ1) is 15.3. The Labute approximate surface area is 143 Å². The lowest BCUT2D eigenvalue weighted by atomic mass is 9.96. The van der Waals surface area contributed by atoms with Gasteiger partial charge < -0.3 is 10.6 Å². The Bertz CT molecular complexity index is 642. The first-order valence-corrected chi connectivity index (χ1v) is 8.85. The number of amides is 2. The zero-order chi connectivity index (χ0) is 16.5. The Morgan fingerprint density at radius 3 is 1.42 bits per heavy atom. The van der Waals surface area contributed by atoms with E-state index < -0.39 is 0 Å². The predicted molar refractivity (Wildman–Crippen MR) is 96.1 cm³/mol. The number of carbonyl (C=O) groups is 1. The molecule has 4 rings (SSSR count). The van der Waals surface area contributed by atoms with E-state index in [1.807, 2.05) is 12.1 Å². The summed E-state index contributed by atoms with van der Waals surface area (Å²) in [5.41, 5.74) is 3.01. The molecule has 124 valence electrons. The summed E-state index contributed by atoms with van der Waals surface area (Å²) in [5.74, 6) is 0. The molecule has 2 aromatic carbocycles. The van der Waals surface area contributed by atoms with Crippen molar-refractivity contribution in [2.45, 2.75) is 36.5 Å². The Morgan fingerprint density at radius 2 is 1.08 bits per heavy atom. The summed E-state index contributed by atoms with van der Waals surface area (Å²) in [7, 11) is 0. The molecule has 24 heavy (non-hydrogen) atoms. The molecular formula is C21H24N2O. The predicted octanol–water partition coefficient (Wildman–Crippen LogP) is 3.75. The first-order valence-electron chi connectivity index (χ1n) is 8.85. The van der Waals surface area contributed by atoms with Crippen LogP contribution in [0.15, 0.2) is 60.7 Å². The number of hydrogen-bond donors (Lipinski definition) is 2. The van der Waals surface area contributed by atoms with Gasteiger partial charge in [0.05, 0.1) is 0 Å². The molecular weight excluding hydrogens is 296 g/mol. The van der Waals surface area contributed by atoms with E-state index in [1.165, 1.54) is 11.1 Å². The van der Waals surface area contributed by atoms with Crippen molar-refractivity contribution in [3.63, 3.8) is 0 Å². The monoisotopic (exact) mass is 320 g/mol. The fraction of sp³-hybridized carbons (Fsp3) is 0.381. The molecule has 3 nitrogen and oxygen atoms in total. The highest BCUT2D eigenvalue weighted by atomic mass is 16.2. The number of hydrogen-bond acceptors (Lipinski definition) is 1. The quantitative estimate of drug-likeness (QED) is 0.836. The molecule has 0 aliphatic heterocycles. The molecule has 2 saturated carbocycles. The summed E-state index contributed by atoms with van der Waals surface area (Å²) < 4.78 is 0. The Hall–Kier alpha value is -2.29. The third-order valence-corrected chi connectivity index (χ3v) is 5.65. The molecule has 3 heteroatoms. The van der Waals surface area contributed by atoms with Crippen LogP contribution in [0.1, 0.15) is 36.8 Å². The Balaban J connectivity index is 1.29. The second kappa shape index (κ2) is 5.97. The van der Waals surface area contributed by atoms with Crippen LogP contribution in [-0.2, 0) is 10.8 Å². The second-order valence-electron chi connectivity index (χ2n) is 7.33. The fourth-order valence-electron chi connectivity index (χ4n) is 3.58. The molecule has 0 aromatic heterocycles. The maximum Gasteiger partial charge on any atom is 0.314 e. The van der Waals surface area contributed by atoms with Crippen LogP contribution in [0.3, 0.4) is 0 Å². The van der Waals surface area contributed by atoms with E-state index >= 15 is 0 Å². The molecule has 0 atom stereocenters. The fourth-order valence-corrected chi connectivity index (χ4v) is 3.58. The average Bonchev–Trinajstić information content (AvgIpc) is 3.56. The van der Waals surface area contributed by atoms with Gasteiger partial charge in [-0.1, -0.05) is 60.7 Å². The summed E-state index contributed by atoms with van der Waals surface area (Å²) >= 11 is 0. The molecule has 2 amide bonds. The van der Waals surface area contributed by atoms with Gasteiger partial charge in [0.25, 0.3) is 0 Å². The van der Waals surface area contributed by atoms with Crippen molar-refractivity contribution in [1.82, 2.24) is 10.6 Å². The molecule has 0 radical (unpaired) electrons. The largest absolute Gasteiger partial charge is 0.337 e. The van der Waals surface area contributed by atoms with E-state index in [4.69, 9.17) is 0 Å². The lowest BCUT2D eigenvalue weighted by Crippen LogP contribution is -2.42. The van der Waals surface area contributed by atoms with E-state index in [0.717, 1.165) is 38.8 Å². The standard InChI is InChI=1S/C21H24N2O/c24-19(22-15-20(11-12-20)17-7-3-1-4-8-17)23-16-21(13-14-21)18-9-5-2-6-10-18/h1-10H,11-16H2,(H2,22,23,24). The van der Waals surface area contributed by atoms with E-state index in [2.05, 4.69) is 59.2 Å². The van der Waals surface area contributed by atoms with Crippen molar-refractivity contribution in [3.05, 3.63) is 71.8 Å². The topological polar surface area (TPSA) is 41.1 Å². The summed E-state index contributed by atoms with van der Waals surface area (Å²) in [6, 6.07) is 21.0. The number of carbonyl (C=O) groups excluding carboxylic acids is 1. The van der Waals surface area contributed by atoms with Gasteiger partial charge in [0.15, 0.2) is 0 Å². The molecule has 2 aromatic rings. The van der Waals surface area contributed by atoms with Crippen LogP contribution in [0.2, 0.25) is 0 Å². The highest BCUT2D eigenvalue weighted by molar-refractivity contribution is 5.74. The average molecular weight is 320 g/mol. The molecule has 2 N–H and O–H groups in total. The molecule has 0 unspecified atom stereocenters. The molecule has 2 fully saturated rings. The lowest BCUT2D eigenvalue weighted by Gasteiger charge is -2.19. The van der Waals surface area contributed by atoms with Gasteiger partial charge in [0.2, 0.25) is 0 Å². The molecule has 2 aliphatic rings. The van der Waals surface area contributed by atoms with Gasteiger partial charge in [-0.05, 0) is 36.8 Å². The molecule has 2 aliphatic carbocycles. The highest BCUT2D eigenvalue weighted by Gasteiger charge is 2.45. The third-order valence-electron chi connectivity index (χ3n) is 5.65. The smallest absolute Gasteiger partial charge is 0.314 e. The van der Waals surface area contributed by atoms with E-state index in [1.54, 1.807) is 0 Å². The Kier molecular flexibility index (Phi) is 3.79. The van der Waals surface area contributed by atoms with Crippen LogP contribution >= 0.6 is 0 Å². The van der Waals surface area contributed by atoms with Gasteiger partial charge in [0.1, 0.15) is 0 Å². The second-order valence-corrected chi connectivity index (χ2v) is 7.33. The van der Waals surface area contributed by atoms with Gasteiger partial charge in [-0.15, -0.1) is 0 Å². The Morgan fingerprint density at radius 1 is 0.708 bits per heavy atom. The van der Waals surface area contributed by atoms with E-state index in [0.29, 0.717) is 0 Å². The zero-order valence-corrected chi connectivity index (χ0v) is 13.9. The summed E-state index contributed by atoms with van der Waals surface area (Å²) in [6.07, 6.45) is 4.63. The number of nitrogens with one attached hydrogen (secondary N) is 2. The van der Waals surface area contributed by atoms with Crippen LogP contribution in [0.4, 0.5) is 4.79 Å². The van der Waals surface area contributed by atoms with Crippen LogP contribution in [0.5, 0.6) is 0 Å². The summed E-state index contributed by atoms with van der Waals surface area (Å²) in [5, 5.41) is 6.17. The maximum absolute atomic E-state index is 12.2. The van der Waals surface area contributed by atoms with Gasteiger partial charge in [-0.2, -0.15) is 0 Å². The maximum atomic E-state index is 12.2. The van der Waals surface area contributed by atoms with Gasteiger partial charge in [-0.3, -0.25) is 0 Å². The van der Waals surface area contributed by atoms with Crippen LogP contribution in [-0.4, -0.2) is 19.1 Å². The summed E-state index contributed by atoms with van der Waals surface area (Å²) in [4.78, 5) is 12.2. The molecule has 0 spiro atoms. The van der Waals surface area contributed by atoms with Gasteiger partial charge in [0, 0.05) is 23.9 Å². The van der Waals surface area contributed by atoms with Crippen LogP contribution < -0.4 is 10.6 Å². The van der Waals surface area contributed by atoms with Crippen molar-refractivity contribution >= 4 is 6.03 Å². The van der Waals surface area contributed by atoms with Gasteiger partial charge >= 0.3 is 6.03 Å². The third kappa shape index (κ3) is 3.03. The van der Waals surface area contributed by atoms with E-state index in [9.17, 15) is 4.79 Å².